The van der Waals surface area contributed by atoms with Gasteiger partial charge in [-0.15, -0.1) is 0 Å². The van der Waals surface area contributed by atoms with E-state index in [1.54, 1.807) is 17.3 Å². The molecule has 0 bridgehead atoms. The number of nitrogens with zero attached hydrogens (tertiary/aromatic N) is 3. The molecule has 0 radical (unpaired) electrons. The molecule has 1 N–H and O–H groups in total. The number of aromatic nitrogens is 3. The molecule has 3 aromatic rings. The molecular weight excluding hydrogens is 252 g/mol. The average Bonchev–Trinajstić information content (AvgIpc) is 3.18. The van der Waals surface area contributed by atoms with Crippen molar-refractivity contribution in [2.24, 2.45) is 0 Å². The second-order valence-corrected chi connectivity index (χ2v) is 4.48. The maximum Gasteiger partial charge on any atom is 0.138 e. The first kappa shape index (κ1) is 12.5. The number of para-hydroxylation sites is 2. The van der Waals surface area contributed by atoms with Crippen LogP contribution >= 0.6 is 0 Å². The Labute approximate surface area is 117 Å². The molecule has 5 heteroatoms. The molecule has 0 aliphatic heterocycles. The largest absolute Gasteiger partial charge is 0.467 e. The maximum absolute atomic E-state index is 5.49. The van der Waals surface area contributed by atoms with E-state index in [4.69, 9.17) is 4.42 Å². The predicted molar refractivity (Wildman–Crippen MR) is 76.7 cm³/mol. The normalized spacial score (nSPS) is 12.2. The quantitative estimate of drug-likeness (QED) is 0.770. The van der Waals surface area contributed by atoms with Crippen molar-refractivity contribution < 1.29 is 4.42 Å². The van der Waals surface area contributed by atoms with Gasteiger partial charge in [-0.25, -0.2) is 9.67 Å². The first-order chi connectivity index (χ1) is 9.88. The highest BCUT2D eigenvalue weighted by molar-refractivity contribution is 5.61. The van der Waals surface area contributed by atoms with E-state index in [1.807, 2.05) is 36.4 Å². The van der Waals surface area contributed by atoms with E-state index in [2.05, 4.69) is 22.3 Å². The maximum atomic E-state index is 5.49. The van der Waals surface area contributed by atoms with E-state index in [-0.39, 0.29) is 6.04 Å². The molecule has 2 heterocycles. The van der Waals surface area contributed by atoms with Gasteiger partial charge >= 0.3 is 0 Å². The Kier molecular flexibility index (Phi) is 3.50. The Bertz CT molecular complexity index is 646. The second-order valence-electron chi connectivity index (χ2n) is 4.48. The fourth-order valence-corrected chi connectivity index (χ4v) is 2.18. The summed E-state index contributed by atoms with van der Waals surface area (Å²) in [6.07, 6.45) is 5.84. The van der Waals surface area contributed by atoms with E-state index in [1.165, 1.54) is 6.33 Å². The van der Waals surface area contributed by atoms with Crippen molar-refractivity contribution in [2.45, 2.75) is 19.4 Å². The van der Waals surface area contributed by atoms with Crippen LogP contribution in [0.3, 0.4) is 0 Å². The smallest absolute Gasteiger partial charge is 0.138 e. The highest BCUT2D eigenvalue weighted by atomic mass is 16.3. The van der Waals surface area contributed by atoms with Crippen LogP contribution in [-0.4, -0.2) is 14.8 Å². The van der Waals surface area contributed by atoms with Crippen LogP contribution in [0.25, 0.3) is 5.69 Å². The summed E-state index contributed by atoms with van der Waals surface area (Å²) >= 11 is 0. The molecule has 0 fully saturated rings. The Hall–Kier alpha value is -2.56. The van der Waals surface area contributed by atoms with Crippen LogP contribution in [0.2, 0.25) is 0 Å². The molecule has 2 aromatic heterocycles. The highest BCUT2D eigenvalue weighted by Crippen LogP contribution is 2.26. The van der Waals surface area contributed by atoms with Gasteiger partial charge in [0.05, 0.1) is 23.7 Å². The van der Waals surface area contributed by atoms with Gasteiger partial charge in [0, 0.05) is 0 Å². The molecule has 0 amide bonds. The first-order valence-corrected chi connectivity index (χ1v) is 6.62. The molecule has 0 aliphatic carbocycles. The van der Waals surface area contributed by atoms with Crippen molar-refractivity contribution in [3.63, 3.8) is 0 Å². The van der Waals surface area contributed by atoms with Gasteiger partial charge in [0.15, 0.2) is 0 Å². The van der Waals surface area contributed by atoms with Gasteiger partial charge in [-0.2, -0.15) is 5.10 Å². The lowest BCUT2D eigenvalue weighted by atomic mass is 10.1. The van der Waals surface area contributed by atoms with E-state index >= 15 is 0 Å². The Balaban J connectivity index is 1.91. The zero-order valence-electron chi connectivity index (χ0n) is 11.2. The molecule has 5 nitrogen and oxygen atoms in total. The molecule has 1 unspecified atom stereocenters. The number of hydrogen-bond acceptors (Lipinski definition) is 4. The number of hydrogen-bond donors (Lipinski definition) is 1. The molecule has 0 aliphatic rings. The van der Waals surface area contributed by atoms with Gasteiger partial charge in [0.25, 0.3) is 0 Å². The summed E-state index contributed by atoms with van der Waals surface area (Å²) in [6.45, 7) is 2.12. The van der Waals surface area contributed by atoms with Gasteiger partial charge < -0.3 is 9.73 Å². The van der Waals surface area contributed by atoms with Gasteiger partial charge in [0.1, 0.15) is 18.4 Å². The number of rotatable bonds is 5. The lowest BCUT2D eigenvalue weighted by Gasteiger charge is -2.18. The average molecular weight is 268 g/mol. The number of furan rings is 1. The van der Waals surface area contributed by atoms with Crippen LogP contribution < -0.4 is 5.32 Å². The fourth-order valence-electron chi connectivity index (χ4n) is 2.18. The fraction of sp³-hybridized carbons (Fsp3) is 0.200. The summed E-state index contributed by atoms with van der Waals surface area (Å²) in [7, 11) is 0. The van der Waals surface area contributed by atoms with E-state index in [9.17, 15) is 0 Å². The van der Waals surface area contributed by atoms with Gasteiger partial charge in [0.2, 0.25) is 0 Å². The third kappa shape index (κ3) is 2.42. The zero-order valence-corrected chi connectivity index (χ0v) is 11.2. The minimum Gasteiger partial charge on any atom is -0.467 e. The molecule has 1 aromatic carbocycles. The van der Waals surface area contributed by atoms with Crippen LogP contribution in [0, 0.1) is 0 Å². The van der Waals surface area contributed by atoms with Crippen LogP contribution in [-0.2, 0) is 0 Å². The van der Waals surface area contributed by atoms with Crippen LogP contribution in [0.4, 0.5) is 5.69 Å². The minimum absolute atomic E-state index is 0.134. The summed E-state index contributed by atoms with van der Waals surface area (Å²) in [5.74, 6) is 0.931. The summed E-state index contributed by atoms with van der Waals surface area (Å²) in [5, 5.41) is 7.69. The van der Waals surface area contributed by atoms with Crippen molar-refractivity contribution in [1.82, 2.24) is 14.8 Å². The molecule has 0 saturated heterocycles. The molecule has 0 saturated carbocycles. The first-order valence-electron chi connectivity index (χ1n) is 6.62. The third-order valence-corrected chi connectivity index (χ3v) is 3.19. The third-order valence-electron chi connectivity index (χ3n) is 3.19. The summed E-state index contributed by atoms with van der Waals surface area (Å²) in [6, 6.07) is 12.0. The highest BCUT2D eigenvalue weighted by Gasteiger charge is 2.14. The number of nitrogens with one attached hydrogen (secondary N) is 1. The van der Waals surface area contributed by atoms with Crippen molar-refractivity contribution in [2.75, 3.05) is 5.32 Å². The summed E-state index contributed by atoms with van der Waals surface area (Å²) in [4.78, 5) is 3.99. The number of benzene rings is 1. The second kappa shape index (κ2) is 5.61. The predicted octanol–water partition coefficient (Wildman–Crippen LogP) is 3.42. The standard InChI is InChI=1S/C15H16N4O/c1-2-12(15-8-5-9-20-15)18-13-6-3-4-7-14(13)19-11-16-10-17-19/h3-12,18H,2H2,1H3. The molecule has 20 heavy (non-hydrogen) atoms. The minimum atomic E-state index is 0.134. The van der Waals surface area contributed by atoms with Crippen molar-refractivity contribution in [3.05, 3.63) is 61.1 Å². The van der Waals surface area contributed by atoms with Gasteiger partial charge in [-0.1, -0.05) is 19.1 Å². The molecule has 3 rings (SSSR count). The van der Waals surface area contributed by atoms with Gasteiger partial charge in [-0.05, 0) is 30.7 Å². The summed E-state index contributed by atoms with van der Waals surface area (Å²) in [5.41, 5.74) is 1.97. The van der Waals surface area contributed by atoms with Crippen molar-refractivity contribution in [3.8, 4) is 5.69 Å². The molecule has 0 spiro atoms. The van der Waals surface area contributed by atoms with Crippen molar-refractivity contribution >= 4 is 5.69 Å². The van der Waals surface area contributed by atoms with E-state index in [0.717, 1.165) is 23.6 Å². The Morgan fingerprint density at radius 2 is 2.15 bits per heavy atom. The van der Waals surface area contributed by atoms with Gasteiger partial charge in [-0.3, -0.25) is 0 Å². The lowest BCUT2D eigenvalue weighted by molar-refractivity contribution is 0.474. The molecular formula is C15H16N4O. The lowest BCUT2D eigenvalue weighted by Crippen LogP contribution is -2.11. The zero-order chi connectivity index (χ0) is 13.8. The Morgan fingerprint density at radius 1 is 1.25 bits per heavy atom. The summed E-state index contributed by atoms with van der Waals surface area (Å²) < 4.78 is 7.24. The van der Waals surface area contributed by atoms with Crippen LogP contribution in [0.15, 0.2) is 59.7 Å². The van der Waals surface area contributed by atoms with Crippen molar-refractivity contribution in [1.29, 1.82) is 0 Å². The molecule has 102 valence electrons. The van der Waals surface area contributed by atoms with E-state index < -0.39 is 0 Å². The molecule has 1 atom stereocenters. The SMILES string of the molecule is CCC(Nc1ccccc1-n1cncn1)c1ccco1. The Morgan fingerprint density at radius 3 is 2.85 bits per heavy atom. The van der Waals surface area contributed by atoms with Crippen LogP contribution in [0.5, 0.6) is 0 Å². The number of anilines is 1. The van der Waals surface area contributed by atoms with Crippen LogP contribution in [0.1, 0.15) is 25.1 Å². The topological polar surface area (TPSA) is 55.9 Å². The van der Waals surface area contributed by atoms with E-state index in [0.29, 0.717) is 0 Å². The monoisotopic (exact) mass is 268 g/mol.